The van der Waals surface area contributed by atoms with E-state index in [1.165, 1.54) is 16.7 Å². The molecule has 0 bridgehead atoms. The number of nitrogens with zero attached hydrogens (tertiary/aromatic N) is 1. The minimum atomic E-state index is -5.21. The second-order valence-corrected chi connectivity index (χ2v) is 10.2. The second-order valence-electron chi connectivity index (χ2n) is 9.25. The second kappa shape index (κ2) is 14.8. The molecule has 0 aromatic heterocycles. The van der Waals surface area contributed by atoms with Gasteiger partial charge in [-0.15, -0.1) is 0 Å². The number of hydrogen-bond donors (Lipinski definition) is 5. The lowest BCUT2D eigenvalue weighted by molar-refractivity contribution is -0.175. The molecule has 1 heterocycles. The van der Waals surface area contributed by atoms with Crippen LogP contribution in [-0.2, 0) is 28.8 Å². The highest BCUT2D eigenvalue weighted by Gasteiger charge is 2.42. The molecular formula is C22H34F3N5O7S. The Labute approximate surface area is 222 Å². The Morgan fingerprint density at radius 2 is 1.68 bits per heavy atom. The van der Waals surface area contributed by atoms with Gasteiger partial charge in [0.05, 0.1) is 6.42 Å². The van der Waals surface area contributed by atoms with Crippen molar-refractivity contribution in [2.24, 2.45) is 11.7 Å². The highest BCUT2D eigenvalue weighted by molar-refractivity contribution is 7.98. The van der Waals surface area contributed by atoms with E-state index in [1.807, 2.05) is 0 Å². The molecule has 38 heavy (non-hydrogen) atoms. The third kappa shape index (κ3) is 10.4. The fourth-order valence-corrected chi connectivity index (χ4v) is 4.35. The van der Waals surface area contributed by atoms with Crippen molar-refractivity contribution in [3.05, 3.63) is 0 Å². The first-order valence-electron chi connectivity index (χ1n) is 11.9. The minimum absolute atomic E-state index is 0.0844. The number of aliphatic carboxylic acids is 1. The Hall–Kier alpha value is -3.04. The molecule has 0 unspecified atom stereocenters. The summed E-state index contributed by atoms with van der Waals surface area (Å²) in [5, 5.41) is 15.3. The van der Waals surface area contributed by atoms with Crippen LogP contribution in [0.3, 0.4) is 0 Å². The molecule has 1 saturated heterocycles. The number of halogens is 3. The van der Waals surface area contributed by atoms with Gasteiger partial charge in [0.1, 0.15) is 24.2 Å². The molecule has 5 amide bonds. The third-order valence-corrected chi connectivity index (χ3v) is 6.33. The molecular weight excluding hydrogens is 535 g/mol. The summed E-state index contributed by atoms with van der Waals surface area (Å²) >= 11 is 1.35. The molecule has 1 rings (SSSR count). The summed E-state index contributed by atoms with van der Waals surface area (Å²) in [5.41, 5.74) is 5.16. The molecule has 1 fully saturated rings. The Bertz CT molecular complexity index is 903. The smallest absolute Gasteiger partial charge is 0.471 e. The van der Waals surface area contributed by atoms with Gasteiger partial charge in [0.25, 0.3) is 0 Å². The molecule has 0 aromatic rings. The fraction of sp³-hybridized carbons (Fsp3) is 0.727. The molecule has 0 radical (unpaired) electrons. The molecule has 0 aliphatic carbocycles. The van der Waals surface area contributed by atoms with Crippen LogP contribution < -0.4 is 21.7 Å². The SMILES string of the molecule is CSCC[C@@H](NC(=O)[C@@H](CC(C)C)NC(=O)C(F)(F)F)C(=O)N1CCC[C@@H]1C(=O)N[C@H](CC(=O)O)C(N)=O. The van der Waals surface area contributed by atoms with Gasteiger partial charge in [-0.05, 0) is 43.6 Å². The van der Waals surface area contributed by atoms with Crippen LogP contribution in [0.15, 0.2) is 0 Å². The lowest BCUT2D eigenvalue weighted by atomic mass is 10.0. The zero-order valence-corrected chi connectivity index (χ0v) is 22.1. The van der Waals surface area contributed by atoms with Gasteiger partial charge in [0.2, 0.25) is 23.6 Å². The van der Waals surface area contributed by atoms with Crippen LogP contribution in [-0.4, -0.2) is 94.4 Å². The van der Waals surface area contributed by atoms with E-state index in [-0.39, 0.29) is 31.7 Å². The van der Waals surface area contributed by atoms with Crippen LogP contribution in [0.2, 0.25) is 0 Å². The van der Waals surface area contributed by atoms with Gasteiger partial charge < -0.3 is 31.7 Å². The van der Waals surface area contributed by atoms with Crippen molar-refractivity contribution in [2.45, 2.75) is 76.3 Å². The van der Waals surface area contributed by atoms with E-state index in [1.54, 1.807) is 25.4 Å². The van der Waals surface area contributed by atoms with Crippen LogP contribution in [0.4, 0.5) is 13.2 Å². The summed E-state index contributed by atoms with van der Waals surface area (Å²) in [7, 11) is 0. The summed E-state index contributed by atoms with van der Waals surface area (Å²) in [4.78, 5) is 74.3. The van der Waals surface area contributed by atoms with Crippen LogP contribution in [0, 0.1) is 5.92 Å². The Kier molecular flexibility index (Phi) is 12.8. The number of thioether (sulfide) groups is 1. The zero-order chi connectivity index (χ0) is 29.2. The Morgan fingerprint density at radius 1 is 1.05 bits per heavy atom. The first-order valence-corrected chi connectivity index (χ1v) is 13.3. The normalized spacial score (nSPS) is 17.9. The van der Waals surface area contributed by atoms with Gasteiger partial charge in [-0.25, -0.2) is 0 Å². The topological polar surface area (TPSA) is 188 Å². The summed E-state index contributed by atoms with van der Waals surface area (Å²) in [6.07, 6.45) is -3.67. The zero-order valence-electron chi connectivity index (χ0n) is 21.3. The number of carboxylic acid groups (broad SMARTS) is 1. The van der Waals surface area contributed by atoms with Gasteiger partial charge in [-0.1, -0.05) is 13.8 Å². The average Bonchev–Trinajstić information content (AvgIpc) is 3.29. The number of carbonyl (C=O) groups is 6. The largest absolute Gasteiger partial charge is 0.481 e. The molecule has 12 nitrogen and oxygen atoms in total. The number of primary amides is 1. The first kappa shape index (κ1) is 33.0. The van der Waals surface area contributed by atoms with Gasteiger partial charge >= 0.3 is 18.1 Å². The molecule has 6 N–H and O–H groups in total. The number of carboxylic acids is 1. The summed E-state index contributed by atoms with van der Waals surface area (Å²) in [6, 6.07) is -5.35. The highest BCUT2D eigenvalue weighted by Crippen LogP contribution is 2.21. The lowest BCUT2D eigenvalue weighted by Crippen LogP contribution is -2.58. The predicted octanol–water partition coefficient (Wildman–Crippen LogP) is -0.247. The van der Waals surface area contributed by atoms with E-state index in [2.05, 4.69) is 10.6 Å². The summed E-state index contributed by atoms with van der Waals surface area (Å²) < 4.78 is 38.4. The van der Waals surface area contributed by atoms with Crippen molar-refractivity contribution in [3.8, 4) is 0 Å². The van der Waals surface area contributed by atoms with Gasteiger partial charge in [-0.3, -0.25) is 28.8 Å². The Morgan fingerprint density at radius 3 is 2.18 bits per heavy atom. The average molecular weight is 570 g/mol. The van der Waals surface area contributed by atoms with E-state index in [0.29, 0.717) is 12.2 Å². The van der Waals surface area contributed by atoms with E-state index in [4.69, 9.17) is 10.8 Å². The minimum Gasteiger partial charge on any atom is -0.481 e. The number of nitrogens with two attached hydrogens (primary N) is 1. The van der Waals surface area contributed by atoms with Crippen LogP contribution in [0.1, 0.15) is 46.0 Å². The van der Waals surface area contributed by atoms with Crippen molar-refractivity contribution < 1.29 is 47.0 Å². The van der Waals surface area contributed by atoms with Gasteiger partial charge in [-0.2, -0.15) is 24.9 Å². The Balaban J connectivity index is 3.09. The monoisotopic (exact) mass is 569 g/mol. The number of amides is 5. The molecule has 216 valence electrons. The van der Waals surface area contributed by atoms with Crippen molar-refractivity contribution >= 4 is 47.3 Å². The number of carbonyl (C=O) groups excluding carboxylic acids is 5. The van der Waals surface area contributed by atoms with Crippen LogP contribution >= 0.6 is 11.8 Å². The maximum absolute atomic E-state index is 13.4. The molecule has 0 saturated carbocycles. The maximum atomic E-state index is 13.4. The molecule has 1 aliphatic rings. The summed E-state index contributed by atoms with van der Waals surface area (Å²) in [5.74, 6) is -7.07. The van der Waals surface area contributed by atoms with Crippen molar-refractivity contribution in [3.63, 3.8) is 0 Å². The lowest BCUT2D eigenvalue weighted by Gasteiger charge is -2.30. The van der Waals surface area contributed by atoms with Crippen molar-refractivity contribution in [2.75, 3.05) is 18.6 Å². The first-order chi connectivity index (χ1) is 17.6. The summed E-state index contributed by atoms with van der Waals surface area (Å²) in [6.45, 7) is 3.41. The van der Waals surface area contributed by atoms with Gasteiger partial charge in [0, 0.05) is 6.54 Å². The number of alkyl halides is 3. The molecule has 0 spiro atoms. The van der Waals surface area contributed by atoms with E-state index in [0.717, 1.165) is 0 Å². The molecule has 16 heteroatoms. The number of hydrogen-bond acceptors (Lipinski definition) is 7. The van der Waals surface area contributed by atoms with Crippen molar-refractivity contribution in [1.29, 1.82) is 0 Å². The van der Waals surface area contributed by atoms with Crippen molar-refractivity contribution in [1.82, 2.24) is 20.9 Å². The standard InChI is InChI=1S/C22H34F3N5O7S/c1-11(2)9-14(29-21(37)22(23,24)25)18(34)27-12(6-8-38-3)20(36)30-7-4-5-15(30)19(35)28-13(17(26)33)10-16(31)32/h11-15H,4-10H2,1-3H3,(H2,26,33)(H,27,34)(H,28,35)(H,29,37)(H,31,32)/t12-,13-,14-,15-/m1/s1. The molecule has 4 atom stereocenters. The fourth-order valence-electron chi connectivity index (χ4n) is 3.88. The molecule has 0 aromatic carbocycles. The number of rotatable bonds is 14. The third-order valence-electron chi connectivity index (χ3n) is 5.69. The van der Waals surface area contributed by atoms with E-state index >= 15 is 0 Å². The van der Waals surface area contributed by atoms with E-state index < -0.39 is 72.3 Å². The predicted molar refractivity (Wildman–Crippen MR) is 130 cm³/mol. The van der Waals surface area contributed by atoms with Crippen LogP contribution in [0.25, 0.3) is 0 Å². The van der Waals surface area contributed by atoms with E-state index in [9.17, 15) is 41.9 Å². The highest BCUT2D eigenvalue weighted by atomic mass is 32.2. The quantitative estimate of drug-likeness (QED) is 0.189. The molecule has 1 aliphatic heterocycles. The van der Waals surface area contributed by atoms with Gasteiger partial charge in [0.15, 0.2) is 0 Å². The van der Waals surface area contributed by atoms with Crippen LogP contribution in [0.5, 0.6) is 0 Å². The maximum Gasteiger partial charge on any atom is 0.471 e. The number of likely N-dealkylation sites (tertiary alicyclic amines) is 1. The number of nitrogens with one attached hydrogen (secondary N) is 3.